The molecule has 8 unspecified atom stereocenters. The first-order chi connectivity index (χ1) is 14.2. The van der Waals surface area contributed by atoms with Gasteiger partial charge in [0.2, 0.25) is 10.0 Å². The first-order valence-electron chi connectivity index (χ1n) is 10.5. The molecule has 31 heavy (non-hydrogen) atoms. The van der Waals surface area contributed by atoms with Crippen LogP contribution < -0.4 is 4.72 Å². The minimum absolute atomic E-state index is 0.0167. The molecule has 4 rings (SSSR count). The van der Waals surface area contributed by atoms with Crippen molar-refractivity contribution in [3.05, 3.63) is 0 Å². The van der Waals surface area contributed by atoms with Crippen molar-refractivity contribution in [1.82, 2.24) is 4.72 Å². The van der Waals surface area contributed by atoms with Gasteiger partial charge in [0.05, 0.1) is 12.4 Å². The van der Waals surface area contributed by atoms with Crippen molar-refractivity contribution in [2.75, 3.05) is 26.0 Å². The summed E-state index contributed by atoms with van der Waals surface area (Å²) in [6.07, 6.45) is -9.37. The fourth-order valence-electron chi connectivity index (χ4n) is 7.71. The third-order valence-corrected chi connectivity index (χ3v) is 9.91. The highest BCUT2D eigenvalue weighted by Crippen LogP contribution is 2.73. The van der Waals surface area contributed by atoms with Gasteiger partial charge in [-0.25, -0.2) is 13.1 Å². The predicted molar refractivity (Wildman–Crippen MR) is 97.1 cm³/mol. The molecule has 12 heteroatoms. The molecule has 0 radical (unpaired) electrons. The van der Waals surface area contributed by atoms with E-state index < -0.39 is 57.4 Å². The van der Waals surface area contributed by atoms with E-state index in [-0.39, 0.29) is 43.2 Å². The molecule has 0 aromatic carbocycles. The van der Waals surface area contributed by atoms with E-state index in [0.717, 1.165) is 19.3 Å². The number of hydrogen-bond acceptors (Lipinski definition) is 4. The maximum absolute atomic E-state index is 13.8. The second-order valence-corrected chi connectivity index (χ2v) is 11.5. The molecule has 180 valence electrons. The second kappa shape index (κ2) is 7.46. The zero-order valence-electron chi connectivity index (χ0n) is 16.9. The van der Waals surface area contributed by atoms with Gasteiger partial charge in [-0.3, -0.25) is 0 Å². The van der Waals surface area contributed by atoms with Gasteiger partial charge in [-0.1, -0.05) is 0 Å². The van der Waals surface area contributed by atoms with Crippen LogP contribution in [-0.2, 0) is 14.8 Å². The smallest absolute Gasteiger partial charge is 0.383 e. The second-order valence-electron chi connectivity index (χ2n) is 9.67. The highest BCUT2D eigenvalue weighted by molar-refractivity contribution is 7.89. The summed E-state index contributed by atoms with van der Waals surface area (Å²) in [7, 11) is -2.83. The van der Waals surface area contributed by atoms with Gasteiger partial charge in [0.15, 0.2) is 0 Å². The maximum Gasteiger partial charge on any atom is 0.426 e. The van der Waals surface area contributed by atoms with E-state index in [9.17, 15) is 39.9 Å². The average molecular weight is 479 g/mol. The predicted octanol–water partition coefficient (Wildman–Crippen LogP) is 2.95. The van der Waals surface area contributed by atoms with Crippen molar-refractivity contribution in [2.24, 2.45) is 47.3 Å². The third kappa shape index (κ3) is 3.50. The van der Waals surface area contributed by atoms with E-state index in [1.165, 1.54) is 7.11 Å². The molecule has 4 fully saturated rings. The van der Waals surface area contributed by atoms with Crippen molar-refractivity contribution in [2.45, 2.75) is 43.6 Å². The Morgan fingerprint density at radius 2 is 1.52 bits per heavy atom. The zero-order valence-corrected chi connectivity index (χ0v) is 17.7. The Balaban J connectivity index is 1.72. The first-order valence-corrected chi connectivity index (χ1v) is 12.2. The van der Waals surface area contributed by atoms with Crippen LogP contribution >= 0.6 is 0 Å². The molecule has 0 spiro atoms. The molecule has 0 saturated heterocycles. The number of alkyl halides is 6. The normalized spacial score (nSPS) is 40.0. The number of hydrogen-bond donors (Lipinski definition) is 2. The standard InChI is InChI=1S/C19H27F6NO4S/c1-30-5-4-26-31(28,29)8-13-11-7-12(15-10-3-2-9(6-10)14(11)15)16(13)17(27,18(20,21)22)19(23,24)25/h9-16,26-27H,2-8H2,1H3. The molecule has 5 nitrogen and oxygen atoms in total. The number of sulfonamides is 1. The Kier molecular flexibility index (Phi) is 5.67. The molecule has 4 saturated carbocycles. The van der Waals surface area contributed by atoms with Crippen LogP contribution in [-0.4, -0.2) is 57.5 Å². The average Bonchev–Trinajstić information content (AvgIpc) is 3.37. The van der Waals surface area contributed by atoms with Crippen molar-refractivity contribution < 1.29 is 44.6 Å². The fourth-order valence-corrected chi connectivity index (χ4v) is 9.18. The highest BCUT2D eigenvalue weighted by atomic mass is 32.2. The van der Waals surface area contributed by atoms with E-state index in [1.54, 1.807) is 0 Å². The molecule has 0 aromatic heterocycles. The van der Waals surface area contributed by atoms with Crippen LogP contribution in [0.3, 0.4) is 0 Å². The van der Waals surface area contributed by atoms with Gasteiger partial charge >= 0.3 is 12.4 Å². The lowest BCUT2D eigenvalue weighted by Gasteiger charge is -2.49. The molecule has 2 N–H and O–H groups in total. The summed E-state index contributed by atoms with van der Waals surface area (Å²) >= 11 is 0. The quantitative estimate of drug-likeness (QED) is 0.335. The Morgan fingerprint density at radius 3 is 2.03 bits per heavy atom. The molecule has 4 aliphatic carbocycles. The first kappa shape index (κ1) is 23.6. The summed E-state index contributed by atoms with van der Waals surface area (Å²) in [6, 6.07) is 0. The SMILES string of the molecule is COCCNS(=O)(=O)CC1C2CC(C3C4CCC(C4)C23)C1C(O)(C(F)(F)F)C(F)(F)F. The lowest BCUT2D eigenvalue weighted by Crippen LogP contribution is -2.66. The summed E-state index contributed by atoms with van der Waals surface area (Å²) in [5.74, 6) is -6.12. The molecule has 8 atom stereocenters. The van der Waals surface area contributed by atoms with E-state index in [2.05, 4.69) is 4.72 Å². The number of nitrogens with one attached hydrogen (secondary N) is 1. The Labute approximate surface area is 176 Å². The van der Waals surface area contributed by atoms with Crippen LogP contribution in [0, 0.1) is 47.3 Å². The molecular formula is C19H27F6NO4S. The highest BCUT2D eigenvalue weighted by Gasteiger charge is 2.80. The van der Waals surface area contributed by atoms with Gasteiger partial charge in [0.25, 0.3) is 5.60 Å². The monoisotopic (exact) mass is 479 g/mol. The number of aliphatic hydroxyl groups is 1. The van der Waals surface area contributed by atoms with Gasteiger partial charge in [0.1, 0.15) is 0 Å². The number of ether oxygens (including phenoxy) is 1. The summed E-state index contributed by atoms with van der Waals surface area (Å²) < 4.78 is 115. The molecule has 0 heterocycles. The number of methoxy groups -OCH3 is 1. The lowest BCUT2D eigenvalue weighted by atomic mass is 9.59. The Morgan fingerprint density at radius 1 is 0.968 bits per heavy atom. The van der Waals surface area contributed by atoms with Gasteiger partial charge in [0, 0.05) is 19.6 Å². The minimum Gasteiger partial charge on any atom is -0.383 e. The summed E-state index contributed by atoms with van der Waals surface area (Å²) in [6.45, 7) is -0.118. The van der Waals surface area contributed by atoms with Crippen LogP contribution in [0.2, 0.25) is 0 Å². The third-order valence-electron chi connectivity index (χ3n) is 8.44. The molecule has 0 amide bonds. The van der Waals surface area contributed by atoms with Crippen molar-refractivity contribution in [3.8, 4) is 0 Å². The van der Waals surface area contributed by atoms with Crippen molar-refractivity contribution >= 4 is 10.0 Å². The van der Waals surface area contributed by atoms with Crippen molar-refractivity contribution in [1.29, 1.82) is 0 Å². The van der Waals surface area contributed by atoms with Crippen LogP contribution in [0.25, 0.3) is 0 Å². The summed E-state index contributed by atoms with van der Waals surface area (Å²) in [5, 5.41) is 10.3. The van der Waals surface area contributed by atoms with Gasteiger partial charge < -0.3 is 9.84 Å². The maximum atomic E-state index is 13.8. The summed E-state index contributed by atoms with van der Waals surface area (Å²) in [4.78, 5) is 0. The largest absolute Gasteiger partial charge is 0.426 e. The van der Waals surface area contributed by atoms with E-state index in [1.807, 2.05) is 0 Å². The number of halogens is 6. The van der Waals surface area contributed by atoms with Crippen molar-refractivity contribution in [3.63, 3.8) is 0 Å². The van der Waals surface area contributed by atoms with Gasteiger partial charge in [-0.05, 0) is 67.1 Å². The van der Waals surface area contributed by atoms with Crippen LogP contribution in [0.5, 0.6) is 0 Å². The Bertz CT molecular complexity index is 786. The zero-order chi connectivity index (χ0) is 23.0. The molecule has 0 aliphatic heterocycles. The van der Waals surface area contributed by atoms with E-state index in [4.69, 9.17) is 4.74 Å². The fraction of sp³-hybridized carbons (Fsp3) is 1.00. The van der Waals surface area contributed by atoms with Crippen LogP contribution in [0.4, 0.5) is 26.3 Å². The summed E-state index contributed by atoms with van der Waals surface area (Å²) in [5.41, 5.74) is -4.93. The molecular weight excluding hydrogens is 452 g/mol. The van der Waals surface area contributed by atoms with Gasteiger partial charge in [-0.2, -0.15) is 26.3 Å². The molecule has 4 aliphatic rings. The lowest BCUT2D eigenvalue weighted by molar-refractivity contribution is -0.394. The van der Waals surface area contributed by atoms with E-state index in [0.29, 0.717) is 0 Å². The van der Waals surface area contributed by atoms with Crippen LogP contribution in [0.1, 0.15) is 25.7 Å². The molecule has 0 aromatic rings. The minimum atomic E-state index is -5.96. The number of rotatable bonds is 7. The van der Waals surface area contributed by atoms with Crippen LogP contribution in [0.15, 0.2) is 0 Å². The molecule has 4 bridgehead atoms. The topological polar surface area (TPSA) is 75.6 Å². The van der Waals surface area contributed by atoms with Gasteiger partial charge in [-0.15, -0.1) is 0 Å². The van der Waals surface area contributed by atoms with E-state index >= 15 is 0 Å². The number of fused-ring (bicyclic) bond motifs is 9. The Hall–Kier alpha value is -0.590.